The summed E-state index contributed by atoms with van der Waals surface area (Å²) in [7, 11) is 0. The highest BCUT2D eigenvalue weighted by molar-refractivity contribution is 5.85. The summed E-state index contributed by atoms with van der Waals surface area (Å²) < 4.78 is 0. The summed E-state index contributed by atoms with van der Waals surface area (Å²) in [4.78, 5) is 26.0. The molecule has 1 N–H and O–H groups in total. The van der Waals surface area contributed by atoms with Crippen molar-refractivity contribution in [2.24, 2.45) is 5.92 Å². The minimum absolute atomic E-state index is 0. The summed E-state index contributed by atoms with van der Waals surface area (Å²) in [5.74, 6) is 2.71. The van der Waals surface area contributed by atoms with Crippen molar-refractivity contribution in [1.82, 2.24) is 20.2 Å². The number of hydrogen-bond donors (Lipinski definition) is 1. The number of rotatable bonds is 5. The van der Waals surface area contributed by atoms with Crippen LogP contribution < -0.4 is 10.2 Å². The van der Waals surface area contributed by atoms with Gasteiger partial charge in [-0.2, -0.15) is 0 Å². The van der Waals surface area contributed by atoms with E-state index in [1.54, 1.807) is 0 Å². The van der Waals surface area contributed by atoms with Gasteiger partial charge in [-0.3, -0.25) is 4.79 Å². The van der Waals surface area contributed by atoms with Crippen molar-refractivity contribution in [3.8, 4) is 11.4 Å². The molecule has 0 radical (unpaired) electrons. The molecular weight excluding hydrogens is 421 g/mol. The lowest BCUT2D eigenvalue weighted by atomic mass is 9.93. The van der Waals surface area contributed by atoms with E-state index in [2.05, 4.69) is 15.2 Å². The predicted molar refractivity (Wildman–Crippen MR) is 126 cm³/mol. The Morgan fingerprint density at radius 2 is 1.70 bits per heavy atom. The molecule has 30 heavy (non-hydrogen) atoms. The minimum atomic E-state index is 0. The minimum Gasteiger partial charge on any atom is -0.353 e. The molecule has 2 aliphatic heterocycles. The van der Waals surface area contributed by atoms with E-state index in [-0.39, 0.29) is 24.8 Å². The molecule has 2 aliphatic rings. The predicted octanol–water partition coefficient (Wildman–Crippen LogP) is 3.42. The number of benzene rings is 1. The maximum atomic E-state index is 12.6. The maximum absolute atomic E-state index is 12.6. The zero-order valence-corrected chi connectivity index (χ0v) is 18.8. The van der Waals surface area contributed by atoms with Crippen LogP contribution in [-0.4, -0.2) is 60.0 Å². The van der Waals surface area contributed by atoms with Gasteiger partial charge in [0.05, 0.1) is 0 Å². The normalized spacial score (nSPS) is 17.1. The Balaban J connectivity index is 0.00000160. The van der Waals surface area contributed by atoms with Crippen LogP contribution in [0.1, 0.15) is 25.7 Å². The van der Waals surface area contributed by atoms with Crippen LogP contribution in [0.5, 0.6) is 0 Å². The summed E-state index contributed by atoms with van der Waals surface area (Å²) in [5, 5.41) is 3.39. The molecule has 3 heterocycles. The molecule has 6 nitrogen and oxygen atoms in total. The zero-order chi connectivity index (χ0) is 19.2. The molecule has 1 aromatic carbocycles. The number of aromatic nitrogens is 2. The fourth-order valence-electron chi connectivity index (χ4n) is 4.09. The second kappa shape index (κ2) is 12.1. The number of nitrogens with one attached hydrogen (secondary N) is 1. The molecule has 0 aliphatic carbocycles. The van der Waals surface area contributed by atoms with Crippen molar-refractivity contribution >= 4 is 36.5 Å². The molecule has 164 valence electrons. The number of piperidine rings is 1. The van der Waals surface area contributed by atoms with Crippen LogP contribution in [0.3, 0.4) is 0 Å². The molecule has 1 aromatic heterocycles. The average Bonchev–Trinajstić information content (AvgIpc) is 2.79. The van der Waals surface area contributed by atoms with Gasteiger partial charge >= 0.3 is 0 Å². The van der Waals surface area contributed by atoms with Crippen LogP contribution in [0, 0.1) is 5.92 Å². The van der Waals surface area contributed by atoms with E-state index in [9.17, 15) is 4.79 Å². The zero-order valence-electron chi connectivity index (χ0n) is 17.2. The average molecular weight is 452 g/mol. The Morgan fingerprint density at radius 3 is 2.40 bits per heavy atom. The SMILES string of the molecule is Cl.Cl.O=C(CCC1CCNCC1)N1CCN(c2ccnc(-c3ccccc3)n2)CC1. The number of carbonyl (C=O) groups is 1. The molecule has 0 unspecified atom stereocenters. The summed E-state index contributed by atoms with van der Waals surface area (Å²) in [5.41, 5.74) is 1.02. The number of amides is 1. The molecule has 8 heteroatoms. The Bertz CT molecular complexity index is 778. The number of halogens is 2. The number of hydrogen-bond acceptors (Lipinski definition) is 5. The van der Waals surface area contributed by atoms with Gasteiger partial charge in [0.15, 0.2) is 5.82 Å². The Hall–Kier alpha value is -1.89. The Kier molecular flexibility index (Phi) is 9.82. The largest absolute Gasteiger partial charge is 0.353 e. The van der Waals surface area contributed by atoms with Crippen molar-refractivity contribution in [2.45, 2.75) is 25.7 Å². The molecule has 2 saturated heterocycles. The number of piperazine rings is 1. The van der Waals surface area contributed by atoms with Gasteiger partial charge in [0.1, 0.15) is 5.82 Å². The molecule has 0 spiro atoms. The van der Waals surface area contributed by atoms with E-state index < -0.39 is 0 Å². The molecule has 0 atom stereocenters. The van der Waals surface area contributed by atoms with E-state index in [1.165, 1.54) is 12.8 Å². The molecule has 1 amide bonds. The highest BCUT2D eigenvalue weighted by Gasteiger charge is 2.23. The second-order valence-corrected chi connectivity index (χ2v) is 7.70. The summed E-state index contributed by atoms with van der Waals surface area (Å²) in [6.45, 7) is 5.39. The standard InChI is InChI=1S/C22H29N5O.2ClH/c28-21(7-6-18-8-11-23-12-9-18)27-16-14-26(15-17-27)20-10-13-24-22(25-20)19-4-2-1-3-5-19;;/h1-5,10,13,18,23H,6-9,11-12,14-17H2;2*1H. The van der Waals surface area contributed by atoms with Gasteiger partial charge in [-0.1, -0.05) is 30.3 Å². The van der Waals surface area contributed by atoms with Crippen molar-refractivity contribution in [3.63, 3.8) is 0 Å². The van der Waals surface area contributed by atoms with Crippen LogP contribution in [0.4, 0.5) is 5.82 Å². The second-order valence-electron chi connectivity index (χ2n) is 7.70. The quantitative estimate of drug-likeness (QED) is 0.754. The highest BCUT2D eigenvalue weighted by atomic mass is 35.5. The Morgan fingerprint density at radius 1 is 1.00 bits per heavy atom. The van der Waals surface area contributed by atoms with Gasteiger partial charge in [-0.15, -0.1) is 24.8 Å². The summed E-state index contributed by atoms with van der Waals surface area (Å²) in [6.07, 6.45) is 5.96. The highest BCUT2D eigenvalue weighted by Crippen LogP contribution is 2.21. The monoisotopic (exact) mass is 451 g/mol. The van der Waals surface area contributed by atoms with Crippen molar-refractivity contribution < 1.29 is 4.79 Å². The van der Waals surface area contributed by atoms with E-state index in [1.807, 2.05) is 47.5 Å². The van der Waals surface area contributed by atoms with Gasteiger partial charge in [0.25, 0.3) is 0 Å². The third-order valence-corrected chi connectivity index (χ3v) is 5.85. The van der Waals surface area contributed by atoms with Crippen LogP contribution in [0.2, 0.25) is 0 Å². The fraction of sp³-hybridized carbons (Fsp3) is 0.500. The van der Waals surface area contributed by atoms with Gasteiger partial charge < -0.3 is 15.1 Å². The molecular formula is C22H31Cl2N5O. The van der Waals surface area contributed by atoms with Crippen molar-refractivity contribution in [2.75, 3.05) is 44.2 Å². The van der Waals surface area contributed by atoms with Crippen molar-refractivity contribution in [1.29, 1.82) is 0 Å². The van der Waals surface area contributed by atoms with Gasteiger partial charge in [-0.05, 0) is 44.3 Å². The molecule has 2 aromatic rings. The van der Waals surface area contributed by atoms with E-state index in [0.29, 0.717) is 18.2 Å². The first-order valence-electron chi connectivity index (χ1n) is 10.4. The lowest BCUT2D eigenvalue weighted by molar-refractivity contribution is -0.131. The number of nitrogens with zero attached hydrogens (tertiary/aromatic N) is 4. The molecule has 2 fully saturated rings. The maximum Gasteiger partial charge on any atom is 0.222 e. The Labute approximate surface area is 191 Å². The van der Waals surface area contributed by atoms with E-state index in [4.69, 9.17) is 4.98 Å². The molecule has 0 bridgehead atoms. The van der Waals surface area contributed by atoms with Crippen LogP contribution >= 0.6 is 24.8 Å². The van der Waals surface area contributed by atoms with Crippen LogP contribution in [0.25, 0.3) is 11.4 Å². The van der Waals surface area contributed by atoms with Crippen LogP contribution in [-0.2, 0) is 4.79 Å². The third-order valence-electron chi connectivity index (χ3n) is 5.85. The number of carbonyl (C=O) groups excluding carboxylic acids is 1. The van der Waals surface area contributed by atoms with Gasteiger partial charge in [0, 0.05) is 44.4 Å². The smallest absolute Gasteiger partial charge is 0.222 e. The summed E-state index contributed by atoms with van der Waals surface area (Å²) >= 11 is 0. The van der Waals surface area contributed by atoms with E-state index >= 15 is 0 Å². The first-order chi connectivity index (χ1) is 13.8. The third kappa shape index (κ3) is 6.30. The lowest BCUT2D eigenvalue weighted by Gasteiger charge is -2.35. The van der Waals surface area contributed by atoms with Gasteiger partial charge in [-0.25, -0.2) is 9.97 Å². The van der Waals surface area contributed by atoms with E-state index in [0.717, 1.165) is 62.9 Å². The number of anilines is 1. The van der Waals surface area contributed by atoms with Crippen LogP contribution in [0.15, 0.2) is 42.6 Å². The fourth-order valence-corrected chi connectivity index (χ4v) is 4.09. The first kappa shape index (κ1) is 24.4. The van der Waals surface area contributed by atoms with Crippen molar-refractivity contribution in [3.05, 3.63) is 42.6 Å². The topological polar surface area (TPSA) is 61.4 Å². The molecule has 0 saturated carbocycles. The summed E-state index contributed by atoms with van der Waals surface area (Å²) in [6, 6.07) is 12.0. The molecule has 4 rings (SSSR count). The first-order valence-corrected chi connectivity index (χ1v) is 10.4. The lowest BCUT2D eigenvalue weighted by Crippen LogP contribution is -2.49. The van der Waals surface area contributed by atoms with Gasteiger partial charge in [0.2, 0.25) is 5.91 Å².